The lowest BCUT2D eigenvalue weighted by Gasteiger charge is -2.11. The van der Waals surface area contributed by atoms with Crippen LogP contribution >= 0.6 is 46.4 Å². The molecule has 0 fully saturated rings. The molecule has 1 aromatic heterocycles. The van der Waals surface area contributed by atoms with E-state index in [1.165, 1.54) is 41.2 Å². The highest BCUT2D eigenvalue weighted by Crippen LogP contribution is 2.32. The molecule has 3 aromatic rings. The molecule has 0 unspecified atom stereocenters. The van der Waals surface area contributed by atoms with E-state index in [-0.39, 0.29) is 31.8 Å². The third-order valence-electron chi connectivity index (χ3n) is 3.98. The van der Waals surface area contributed by atoms with Crippen LogP contribution in [0.5, 0.6) is 0 Å². The van der Waals surface area contributed by atoms with Crippen LogP contribution in [0.25, 0.3) is 5.69 Å². The molecule has 0 amide bonds. The molecule has 0 atom stereocenters. The molecule has 0 saturated carbocycles. The molecule has 0 aliphatic heterocycles. The number of nitrogens with zero attached hydrogens (tertiary/aromatic N) is 2. The first-order chi connectivity index (χ1) is 12.8. The smallest absolute Gasteiger partial charge is 0.274 e. The summed E-state index contributed by atoms with van der Waals surface area (Å²) < 4.78 is 1.17. The van der Waals surface area contributed by atoms with Gasteiger partial charge in [-0.1, -0.05) is 53.3 Å². The highest BCUT2D eigenvalue weighted by Gasteiger charge is 2.20. The Hall–Kier alpha value is -1.85. The van der Waals surface area contributed by atoms with Gasteiger partial charge in [0, 0.05) is 22.3 Å². The zero-order chi connectivity index (χ0) is 19.7. The van der Waals surface area contributed by atoms with Gasteiger partial charge in [-0.3, -0.25) is 9.59 Å². The third kappa shape index (κ3) is 3.90. The molecule has 4 nitrogen and oxygen atoms in total. The van der Waals surface area contributed by atoms with Gasteiger partial charge in [0.2, 0.25) is 0 Å². The lowest BCUT2D eigenvalue weighted by atomic mass is 10.0. The van der Waals surface area contributed by atoms with Crippen LogP contribution in [-0.2, 0) is 6.42 Å². The first-order valence-electron chi connectivity index (χ1n) is 7.89. The molecule has 0 aliphatic rings. The number of carbonyl (C=O) groups is 1. The summed E-state index contributed by atoms with van der Waals surface area (Å²) in [5.74, 6) is -0.417. The summed E-state index contributed by atoms with van der Waals surface area (Å²) in [6.07, 6.45) is 2.06. The summed E-state index contributed by atoms with van der Waals surface area (Å²) in [4.78, 5) is 25.5. The molecule has 138 valence electrons. The average Bonchev–Trinajstić information content (AvgIpc) is 2.61. The van der Waals surface area contributed by atoms with Gasteiger partial charge < -0.3 is 0 Å². The second-order valence-electron chi connectivity index (χ2n) is 5.67. The summed E-state index contributed by atoms with van der Waals surface area (Å²) in [5, 5.41) is 4.95. The predicted molar refractivity (Wildman–Crippen MR) is 109 cm³/mol. The molecule has 0 spiro atoms. The number of carbonyl (C=O) groups excluding carboxylic acids is 1. The average molecular weight is 442 g/mol. The molecule has 0 saturated heterocycles. The Morgan fingerprint density at radius 1 is 1.00 bits per heavy atom. The predicted octanol–water partition coefficient (Wildman–Crippen LogP) is 5.64. The standard InChI is InChI=1S/C19H12Cl4N2O2/c1-2-10-5-6-24-25(19(10)27)16-7-11(3-4-13(16)21)18(26)17-14(22)8-12(20)9-15(17)23/h3-9H,2H2,1H3. The van der Waals surface area contributed by atoms with Gasteiger partial charge in [-0.15, -0.1) is 0 Å². The van der Waals surface area contributed by atoms with Crippen molar-refractivity contribution in [2.24, 2.45) is 0 Å². The van der Waals surface area contributed by atoms with Crippen LogP contribution < -0.4 is 5.56 Å². The van der Waals surface area contributed by atoms with Crippen LogP contribution in [0, 0.1) is 0 Å². The normalized spacial score (nSPS) is 10.9. The van der Waals surface area contributed by atoms with Gasteiger partial charge in [-0.25, -0.2) is 0 Å². The van der Waals surface area contributed by atoms with Crippen LogP contribution in [0.15, 0.2) is 47.4 Å². The van der Waals surface area contributed by atoms with Crippen molar-refractivity contribution in [1.82, 2.24) is 9.78 Å². The van der Waals surface area contributed by atoms with Crippen molar-refractivity contribution < 1.29 is 4.79 Å². The second kappa shape index (κ2) is 8.03. The maximum absolute atomic E-state index is 12.9. The lowest BCUT2D eigenvalue weighted by Crippen LogP contribution is -2.24. The summed E-state index contributed by atoms with van der Waals surface area (Å²) in [6.45, 7) is 1.87. The molecule has 27 heavy (non-hydrogen) atoms. The molecule has 2 aromatic carbocycles. The number of aromatic nitrogens is 2. The summed E-state index contributed by atoms with van der Waals surface area (Å²) >= 11 is 24.5. The fraction of sp³-hybridized carbons (Fsp3) is 0.105. The Kier molecular flexibility index (Phi) is 5.92. The summed E-state index contributed by atoms with van der Waals surface area (Å²) in [6, 6.07) is 9.07. The molecule has 0 radical (unpaired) electrons. The van der Waals surface area contributed by atoms with Crippen LogP contribution in [0.2, 0.25) is 20.1 Å². The van der Waals surface area contributed by atoms with Crippen molar-refractivity contribution in [3.8, 4) is 5.69 Å². The largest absolute Gasteiger partial charge is 0.288 e. The van der Waals surface area contributed by atoms with Crippen molar-refractivity contribution in [1.29, 1.82) is 0 Å². The number of rotatable bonds is 4. The van der Waals surface area contributed by atoms with E-state index in [0.717, 1.165) is 0 Å². The lowest BCUT2D eigenvalue weighted by molar-refractivity contribution is 0.103. The van der Waals surface area contributed by atoms with E-state index >= 15 is 0 Å². The van der Waals surface area contributed by atoms with E-state index in [9.17, 15) is 9.59 Å². The van der Waals surface area contributed by atoms with Crippen LogP contribution in [0.1, 0.15) is 28.4 Å². The van der Waals surface area contributed by atoms with Crippen LogP contribution in [0.4, 0.5) is 0 Å². The number of aryl methyl sites for hydroxylation is 1. The molecule has 0 bridgehead atoms. The van der Waals surface area contributed by atoms with Gasteiger partial charge in [0.05, 0.1) is 26.3 Å². The van der Waals surface area contributed by atoms with Crippen molar-refractivity contribution >= 4 is 52.2 Å². The molecular weight excluding hydrogens is 430 g/mol. The maximum atomic E-state index is 12.9. The quantitative estimate of drug-likeness (QED) is 0.492. The van der Waals surface area contributed by atoms with Crippen molar-refractivity contribution in [3.05, 3.63) is 89.7 Å². The van der Waals surface area contributed by atoms with Crippen molar-refractivity contribution in [2.75, 3.05) is 0 Å². The Labute approximate surface area is 175 Å². The highest BCUT2D eigenvalue weighted by molar-refractivity contribution is 6.43. The fourth-order valence-corrected chi connectivity index (χ4v) is 3.80. The number of hydrogen-bond acceptors (Lipinski definition) is 3. The first kappa shape index (κ1) is 19.9. The van der Waals surface area contributed by atoms with E-state index in [2.05, 4.69) is 5.10 Å². The number of halogens is 4. The van der Waals surface area contributed by atoms with Crippen molar-refractivity contribution in [2.45, 2.75) is 13.3 Å². The minimum Gasteiger partial charge on any atom is -0.288 e. The molecular formula is C19H12Cl4N2O2. The maximum Gasteiger partial charge on any atom is 0.274 e. The molecule has 0 N–H and O–H groups in total. The molecule has 3 rings (SSSR count). The van der Waals surface area contributed by atoms with Gasteiger partial charge in [0.25, 0.3) is 5.56 Å². The third-order valence-corrected chi connectivity index (χ3v) is 5.11. The summed E-state index contributed by atoms with van der Waals surface area (Å²) in [5.41, 5.74) is 0.967. The minimum absolute atomic E-state index is 0.124. The van der Waals surface area contributed by atoms with E-state index in [0.29, 0.717) is 22.7 Å². The number of hydrogen-bond donors (Lipinski definition) is 0. The first-order valence-corrected chi connectivity index (χ1v) is 9.41. The van der Waals surface area contributed by atoms with E-state index in [1.807, 2.05) is 6.92 Å². The fourth-order valence-electron chi connectivity index (χ4n) is 2.61. The molecule has 1 heterocycles. The van der Waals surface area contributed by atoms with Gasteiger partial charge in [0.1, 0.15) is 0 Å². The Morgan fingerprint density at radius 3 is 2.30 bits per heavy atom. The topological polar surface area (TPSA) is 52.0 Å². The SMILES string of the molecule is CCc1ccnn(-c2cc(C(=O)c3c(Cl)cc(Cl)cc3Cl)ccc2Cl)c1=O. The monoisotopic (exact) mass is 440 g/mol. The van der Waals surface area contributed by atoms with Gasteiger partial charge in [-0.2, -0.15) is 9.78 Å². The van der Waals surface area contributed by atoms with Crippen LogP contribution in [-0.4, -0.2) is 15.6 Å². The van der Waals surface area contributed by atoms with Gasteiger partial charge >= 0.3 is 0 Å². The Morgan fingerprint density at radius 2 is 1.67 bits per heavy atom. The number of benzene rings is 2. The summed E-state index contributed by atoms with van der Waals surface area (Å²) in [7, 11) is 0. The van der Waals surface area contributed by atoms with Crippen LogP contribution in [0.3, 0.4) is 0 Å². The molecule has 0 aliphatic carbocycles. The van der Waals surface area contributed by atoms with E-state index in [4.69, 9.17) is 46.4 Å². The minimum atomic E-state index is -0.417. The highest BCUT2D eigenvalue weighted by atomic mass is 35.5. The van der Waals surface area contributed by atoms with E-state index in [1.54, 1.807) is 6.07 Å². The van der Waals surface area contributed by atoms with E-state index < -0.39 is 5.78 Å². The zero-order valence-electron chi connectivity index (χ0n) is 14.0. The number of ketones is 1. The molecule has 8 heteroatoms. The van der Waals surface area contributed by atoms with Crippen molar-refractivity contribution in [3.63, 3.8) is 0 Å². The van der Waals surface area contributed by atoms with Gasteiger partial charge in [-0.05, 0) is 42.8 Å². The Balaban J connectivity index is 2.15. The van der Waals surface area contributed by atoms with Gasteiger partial charge in [0.15, 0.2) is 5.78 Å². The Bertz CT molecular complexity index is 1090. The zero-order valence-corrected chi connectivity index (χ0v) is 17.0. The second-order valence-corrected chi connectivity index (χ2v) is 7.32.